The van der Waals surface area contributed by atoms with Crippen LogP contribution in [0.1, 0.15) is 6.42 Å². The molecule has 0 radical (unpaired) electrons. The quantitative estimate of drug-likeness (QED) is 0.636. The van der Waals surface area contributed by atoms with Crippen molar-refractivity contribution in [1.29, 1.82) is 0 Å². The summed E-state index contributed by atoms with van der Waals surface area (Å²) in [6.07, 6.45) is 0.402. The van der Waals surface area contributed by atoms with Crippen LogP contribution in [0.3, 0.4) is 0 Å². The summed E-state index contributed by atoms with van der Waals surface area (Å²) in [6, 6.07) is 0. The normalized spacial score (nSPS) is 27.3. The van der Waals surface area contributed by atoms with Crippen LogP contribution in [0.4, 0.5) is 0 Å². The van der Waals surface area contributed by atoms with E-state index in [1.54, 1.807) is 11.9 Å². The van der Waals surface area contributed by atoms with Crippen LogP contribution >= 0.6 is 11.8 Å². The molecule has 1 atom stereocenters. The van der Waals surface area contributed by atoms with Gasteiger partial charge in [-0.15, -0.1) is 0 Å². The first-order valence-electron chi connectivity index (χ1n) is 5.29. The number of hydrogen-bond acceptors (Lipinski definition) is 3. The van der Waals surface area contributed by atoms with Gasteiger partial charge in [0.15, 0.2) is 0 Å². The van der Waals surface area contributed by atoms with Gasteiger partial charge in [0.2, 0.25) is 11.8 Å². The molecular formula is C10H16N2O2S. The van der Waals surface area contributed by atoms with Gasteiger partial charge in [-0.1, -0.05) is 0 Å². The summed E-state index contributed by atoms with van der Waals surface area (Å²) in [5, 5.41) is 0. The van der Waals surface area contributed by atoms with Crippen LogP contribution < -0.4 is 0 Å². The molecule has 0 bridgehead atoms. The van der Waals surface area contributed by atoms with Crippen molar-refractivity contribution in [3.63, 3.8) is 0 Å². The minimum absolute atomic E-state index is 0.0920. The number of amides is 2. The molecular weight excluding hydrogens is 212 g/mol. The fraction of sp³-hybridized carbons (Fsp3) is 0.800. The average molecular weight is 228 g/mol. The Morgan fingerprint density at radius 3 is 2.60 bits per heavy atom. The summed E-state index contributed by atoms with van der Waals surface area (Å²) in [4.78, 5) is 26.9. The van der Waals surface area contributed by atoms with Crippen LogP contribution in [-0.2, 0) is 9.59 Å². The van der Waals surface area contributed by atoms with E-state index in [4.69, 9.17) is 0 Å². The third kappa shape index (κ3) is 2.27. The number of carbonyl (C=O) groups is 2. The minimum Gasteiger partial charge on any atom is -0.345 e. The van der Waals surface area contributed by atoms with Crippen LogP contribution in [0.15, 0.2) is 0 Å². The topological polar surface area (TPSA) is 40.6 Å². The highest BCUT2D eigenvalue weighted by molar-refractivity contribution is 7.99. The molecule has 2 rings (SSSR count). The lowest BCUT2D eigenvalue weighted by Crippen LogP contribution is -2.42. The second kappa shape index (κ2) is 4.43. The van der Waals surface area contributed by atoms with Crippen LogP contribution in [0, 0.1) is 5.92 Å². The molecule has 2 saturated heterocycles. The van der Waals surface area contributed by atoms with Gasteiger partial charge in [-0.3, -0.25) is 9.59 Å². The summed E-state index contributed by atoms with van der Waals surface area (Å²) < 4.78 is 0. The van der Waals surface area contributed by atoms with E-state index < -0.39 is 0 Å². The van der Waals surface area contributed by atoms with Crippen molar-refractivity contribution < 1.29 is 9.59 Å². The molecule has 2 aliphatic rings. The number of hydrogen-bond donors (Lipinski definition) is 0. The average Bonchev–Trinajstić information content (AvgIpc) is 2.59. The van der Waals surface area contributed by atoms with Crippen molar-refractivity contribution >= 4 is 23.6 Å². The zero-order chi connectivity index (χ0) is 10.8. The van der Waals surface area contributed by atoms with Gasteiger partial charge in [0.25, 0.3) is 0 Å². The van der Waals surface area contributed by atoms with Gasteiger partial charge in [0.05, 0.1) is 5.92 Å². The summed E-state index contributed by atoms with van der Waals surface area (Å²) in [5.41, 5.74) is 0. The third-order valence-corrected chi connectivity index (χ3v) is 3.96. The van der Waals surface area contributed by atoms with E-state index >= 15 is 0 Å². The van der Waals surface area contributed by atoms with Crippen molar-refractivity contribution in [1.82, 2.24) is 9.80 Å². The SMILES string of the molecule is CN1C[C@@H](C(=O)N2CCSCC2)CC1=O. The molecule has 2 amide bonds. The maximum atomic E-state index is 12.0. The molecule has 84 valence electrons. The fourth-order valence-corrected chi connectivity index (χ4v) is 2.97. The maximum Gasteiger partial charge on any atom is 0.228 e. The zero-order valence-electron chi connectivity index (χ0n) is 8.94. The van der Waals surface area contributed by atoms with E-state index in [0.29, 0.717) is 13.0 Å². The van der Waals surface area contributed by atoms with Crippen LogP contribution in [0.5, 0.6) is 0 Å². The Bertz CT molecular complexity index is 277. The molecule has 0 N–H and O–H groups in total. The molecule has 4 nitrogen and oxygen atoms in total. The molecule has 0 saturated carbocycles. The Balaban J connectivity index is 1.93. The van der Waals surface area contributed by atoms with E-state index in [-0.39, 0.29) is 17.7 Å². The maximum absolute atomic E-state index is 12.0. The van der Waals surface area contributed by atoms with Crippen molar-refractivity contribution in [2.75, 3.05) is 38.2 Å². The molecule has 0 spiro atoms. The zero-order valence-corrected chi connectivity index (χ0v) is 9.76. The highest BCUT2D eigenvalue weighted by Gasteiger charge is 2.34. The number of nitrogens with zero attached hydrogens (tertiary/aromatic N) is 2. The van der Waals surface area contributed by atoms with Gasteiger partial charge < -0.3 is 9.80 Å². The monoisotopic (exact) mass is 228 g/mol. The molecule has 15 heavy (non-hydrogen) atoms. The van der Waals surface area contributed by atoms with Gasteiger partial charge in [-0.25, -0.2) is 0 Å². The fourth-order valence-electron chi connectivity index (χ4n) is 2.07. The lowest BCUT2D eigenvalue weighted by atomic mass is 10.1. The highest BCUT2D eigenvalue weighted by Crippen LogP contribution is 2.20. The molecule has 0 aliphatic carbocycles. The first-order chi connectivity index (χ1) is 7.18. The Morgan fingerprint density at radius 1 is 1.40 bits per heavy atom. The van der Waals surface area contributed by atoms with Crippen molar-refractivity contribution in [3.05, 3.63) is 0 Å². The molecule has 0 aromatic rings. The van der Waals surface area contributed by atoms with Crippen LogP contribution in [0.2, 0.25) is 0 Å². The number of carbonyl (C=O) groups excluding carboxylic acids is 2. The molecule has 0 aromatic heterocycles. The van der Waals surface area contributed by atoms with E-state index in [1.807, 2.05) is 16.7 Å². The second-order valence-corrected chi connectivity index (χ2v) is 5.34. The molecule has 0 unspecified atom stereocenters. The second-order valence-electron chi connectivity index (χ2n) is 4.11. The predicted octanol–water partition coefficient (Wildman–Crippen LogP) is 0.0401. The number of rotatable bonds is 1. The van der Waals surface area contributed by atoms with E-state index in [0.717, 1.165) is 24.6 Å². The van der Waals surface area contributed by atoms with Crippen LogP contribution in [-0.4, -0.2) is 59.8 Å². The molecule has 2 aliphatic heterocycles. The smallest absolute Gasteiger partial charge is 0.228 e. The lowest BCUT2D eigenvalue weighted by Gasteiger charge is -2.28. The number of likely N-dealkylation sites (tertiary alicyclic amines) is 1. The third-order valence-electron chi connectivity index (χ3n) is 3.01. The highest BCUT2D eigenvalue weighted by atomic mass is 32.2. The van der Waals surface area contributed by atoms with Crippen molar-refractivity contribution in [2.45, 2.75) is 6.42 Å². The summed E-state index contributed by atoms with van der Waals surface area (Å²) in [7, 11) is 1.77. The molecule has 5 heteroatoms. The molecule has 0 aromatic carbocycles. The minimum atomic E-state index is -0.0920. The summed E-state index contributed by atoms with van der Waals surface area (Å²) in [5.74, 6) is 2.24. The molecule has 2 fully saturated rings. The number of thioether (sulfide) groups is 1. The van der Waals surface area contributed by atoms with Crippen LogP contribution in [0.25, 0.3) is 0 Å². The van der Waals surface area contributed by atoms with Crippen molar-refractivity contribution in [3.8, 4) is 0 Å². The van der Waals surface area contributed by atoms with E-state index in [9.17, 15) is 9.59 Å². The first-order valence-corrected chi connectivity index (χ1v) is 6.44. The predicted molar refractivity (Wildman–Crippen MR) is 59.6 cm³/mol. The van der Waals surface area contributed by atoms with Gasteiger partial charge in [0.1, 0.15) is 0 Å². The Labute approximate surface area is 94.0 Å². The van der Waals surface area contributed by atoms with Gasteiger partial charge in [-0.2, -0.15) is 11.8 Å². The first kappa shape index (κ1) is 10.8. The van der Waals surface area contributed by atoms with Gasteiger partial charge >= 0.3 is 0 Å². The standard InChI is InChI=1S/C10H16N2O2S/c1-11-7-8(6-9(11)13)10(14)12-2-4-15-5-3-12/h8H,2-7H2,1H3/t8-/m0/s1. The Hall–Kier alpha value is -0.710. The Kier molecular flexibility index (Phi) is 3.19. The molecule has 2 heterocycles. The van der Waals surface area contributed by atoms with E-state index in [1.165, 1.54) is 0 Å². The summed E-state index contributed by atoms with van der Waals surface area (Å²) in [6.45, 7) is 2.29. The lowest BCUT2D eigenvalue weighted by molar-refractivity contribution is -0.135. The van der Waals surface area contributed by atoms with Crippen molar-refractivity contribution in [2.24, 2.45) is 5.92 Å². The Morgan fingerprint density at radius 2 is 2.07 bits per heavy atom. The van der Waals surface area contributed by atoms with E-state index in [2.05, 4.69) is 0 Å². The van der Waals surface area contributed by atoms with Gasteiger partial charge in [-0.05, 0) is 0 Å². The van der Waals surface area contributed by atoms with Gasteiger partial charge in [0, 0.05) is 44.6 Å². The summed E-state index contributed by atoms with van der Waals surface area (Å²) >= 11 is 1.89. The largest absolute Gasteiger partial charge is 0.345 e.